The average molecular weight is 157 g/mol. The third kappa shape index (κ3) is 2.60. The number of nitrogens with two attached hydrogens (primary N) is 1. The molecule has 0 amide bonds. The van der Waals surface area contributed by atoms with E-state index in [1.54, 1.807) is 6.92 Å². The molecule has 0 aromatic rings. The molecule has 2 N–H and O–H groups in total. The van der Waals surface area contributed by atoms with Crippen molar-refractivity contribution in [2.75, 3.05) is 13.2 Å². The maximum atomic E-state index is 10.8. The SMILES string of the molecule is CC(=O)CC1CCOCC1N. The van der Waals surface area contributed by atoms with Gasteiger partial charge in [0.2, 0.25) is 0 Å². The summed E-state index contributed by atoms with van der Waals surface area (Å²) in [7, 11) is 0. The van der Waals surface area contributed by atoms with Crippen LogP contribution in [-0.2, 0) is 9.53 Å². The van der Waals surface area contributed by atoms with Crippen LogP contribution in [0.5, 0.6) is 0 Å². The second-order valence-electron chi connectivity index (χ2n) is 3.19. The molecule has 1 fully saturated rings. The van der Waals surface area contributed by atoms with E-state index in [4.69, 9.17) is 10.5 Å². The van der Waals surface area contributed by atoms with Crippen LogP contribution in [0.2, 0.25) is 0 Å². The molecule has 1 saturated heterocycles. The van der Waals surface area contributed by atoms with E-state index in [1.807, 2.05) is 0 Å². The van der Waals surface area contributed by atoms with Crippen LogP contribution >= 0.6 is 0 Å². The first-order valence-electron chi connectivity index (χ1n) is 4.03. The molecule has 0 aromatic heterocycles. The number of carbonyl (C=O) groups is 1. The fraction of sp³-hybridized carbons (Fsp3) is 0.875. The summed E-state index contributed by atoms with van der Waals surface area (Å²) in [5.41, 5.74) is 5.75. The summed E-state index contributed by atoms with van der Waals surface area (Å²) in [5.74, 6) is 0.577. The van der Waals surface area contributed by atoms with E-state index in [2.05, 4.69) is 0 Å². The Kier molecular flexibility index (Phi) is 3.02. The van der Waals surface area contributed by atoms with Gasteiger partial charge in [-0.2, -0.15) is 0 Å². The minimum atomic E-state index is 0.0626. The Morgan fingerprint density at radius 3 is 3.00 bits per heavy atom. The van der Waals surface area contributed by atoms with Gasteiger partial charge in [-0.3, -0.25) is 0 Å². The largest absolute Gasteiger partial charge is 0.380 e. The van der Waals surface area contributed by atoms with Gasteiger partial charge in [0.15, 0.2) is 0 Å². The predicted octanol–water partition coefficient (Wildman–Crippen LogP) is 0.329. The summed E-state index contributed by atoms with van der Waals surface area (Å²) in [6.45, 7) is 2.98. The second kappa shape index (κ2) is 3.83. The van der Waals surface area contributed by atoms with E-state index in [1.165, 1.54) is 0 Å². The van der Waals surface area contributed by atoms with E-state index < -0.39 is 0 Å². The Labute approximate surface area is 66.9 Å². The Hall–Kier alpha value is -0.410. The molecule has 1 rings (SSSR count). The van der Waals surface area contributed by atoms with Crippen LogP contribution in [0.4, 0.5) is 0 Å². The van der Waals surface area contributed by atoms with E-state index in [9.17, 15) is 4.79 Å². The highest BCUT2D eigenvalue weighted by atomic mass is 16.5. The third-order valence-electron chi connectivity index (χ3n) is 2.10. The highest BCUT2D eigenvalue weighted by Gasteiger charge is 2.23. The quantitative estimate of drug-likeness (QED) is 0.628. The van der Waals surface area contributed by atoms with Crippen LogP contribution in [-0.4, -0.2) is 25.0 Å². The fourth-order valence-electron chi connectivity index (χ4n) is 1.43. The Morgan fingerprint density at radius 1 is 1.73 bits per heavy atom. The van der Waals surface area contributed by atoms with Crippen molar-refractivity contribution in [1.29, 1.82) is 0 Å². The molecular formula is C8H15NO2. The van der Waals surface area contributed by atoms with E-state index >= 15 is 0 Å². The van der Waals surface area contributed by atoms with Gasteiger partial charge in [0.05, 0.1) is 6.61 Å². The van der Waals surface area contributed by atoms with Gasteiger partial charge >= 0.3 is 0 Å². The summed E-state index contributed by atoms with van der Waals surface area (Å²) in [6.07, 6.45) is 1.55. The number of Topliss-reactive ketones (excluding diaryl/α,β-unsaturated/α-hetero) is 1. The van der Waals surface area contributed by atoms with E-state index in [0.29, 0.717) is 18.9 Å². The van der Waals surface area contributed by atoms with Crippen molar-refractivity contribution < 1.29 is 9.53 Å². The van der Waals surface area contributed by atoms with Crippen LogP contribution in [0.25, 0.3) is 0 Å². The molecule has 0 bridgehead atoms. The van der Waals surface area contributed by atoms with Crippen molar-refractivity contribution in [2.45, 2.75) is 25.8 Å². The molecule has 1 aliphatic heterocycles. The fourth-order valence-corrected chi connectivity index (χ4v) is 1.43. The number of ether oxygens (including phenoxy) is 1. The molecule has 0 aromatic carbocycles. The first-order valence-corrected chi connectivity index (χ1v) is 4.03. The number of hydrogen-bond acceptors (Lipinski definition) is 3. The van der Waals surface area contributed by atoms with Crippen molar-refractivity contribution in [3.05, 3.63) is 0 Å². The Bertz CT molecular complexity index is 147. The smallest absolute Gasteiger partial charge is 0.130 e. The van der Waals surface area contributed by atoms with Crippen molar-refractivity contribution >= 4 is 5.78 Å². The molecule has 0 saturated carbocycles. The molecule has 3 nitrogen and oxygen atoms in total. The first kappa shape index (κ1) is 8.68. The number of ketones is 1. The van der Waals surface area contributed by atoms with Gasteiger partial charge in [-0.15, -0.1) is 0 Å². The summed E-state index contributed by atoms with van der Waals surface area (Å²) >= 11 is 0. The molecule has 2 atom stereocenters. The maximum absolute atomic E-state index is 10.8. The maximum Gasteiger partial charge on any atom is 0.130 e. The molecular weight excluding hydrogens is 142 g/mol. The van der Waals surface area contributed by atoms with Gasteiger partial charge in [-0.25, -0.2) is 0 Å². The van der Waals surface area contributed by atoms with Gasteiger partial charge in [0.25, 0.3) is 0 Å². The zero-order valence-corrected chi connectivity index (χ0v) is 6.88. The zero-order chi connectivity index (χ0) is 8.27. The second-order valence-corrected chi connectivity index (χ2v) is 3.19. The molecule has 0 radical (unpaired) electrons. The number of carbonyl (C=O) groups excluding carboxylic acids is 1. The highest BCUT2D eigenvalue weighted by Crippen LogP contribution is 2.17. The van der Waals surface area contributed by atoms with Gasteiger partial charge in [-0.1, -0.05) is 0 Å². The molecule has 11 heavy (non-hydrogen) atoms. The minimum Gasteiger partial charge on any atom is -0.380 e. The summed E-state index contributed by atoms with van der Waals surface area (Å²) in [6, 6.07) is 0.0626. The normalized spacial score (nSPS) is 31.8. The molecule has 3 heteroatoms. The van der Waals surface area contributed by atoms with Crippen LogP contribution in [0.3, 0.4) is 0 Å². The Balaban J connectivity index is 2.35. The molecule has 0 aliphatic carbocycles. The van der Waals surface area contributed by atoms with Crippen LogP contribution in [0, 0.1) is 5.92 Å². The molecule has 64 valence electrons. The van der Waals surface area contributed by atoms with Crippen molar-refractivity contribution in [1.82, 2.24) is 0 Å². The molecule has 2 unspecified atom stereocenters. The molecule has 1 heterocycles. The third-order valence-corrected chi connectivity index (χ3v) is 2.10. The lowest BCUT2D eigenvalue weighted by molar-refractivity contribution is -0.118. The Morgan fingerprint density at radius 2 is 2.45 bits per heavy atom. The van der Waals surface area contributed by atoms with Gasteiger partial charge in [0, 0.05) is 19.1 Å². The summed E-state index contributed by atoms with van der Waals surface area (Å²) in [4.78, 5) is 10.8. The number of rotatable bonds is 2. The van der Waals surface area contributed by atoms with Crippen molar-refractivity contribution in [3.8, 4) is 0 Å². The van der Waals surface area contributed by atoms with Gasteiger partial charge in [0.1, 0.15) is 5.78 Å². The first-order chi connectivity index (χ1) is 5.20. The van der Waals surface area contributed by atoms with Crippen LogP contribution in [0.1, 0.15) is 19.8 Å². The van der Waals surface area contributed by atoms with E-state index in [-0.39, 0.29) is 11.8 Å². The molecule has 1 aliphatic rings. The summed E-state index contributed by atoms with van der Waals surface area (Å²) in [5, 5.41) is 0. The van der Waals surface area contributed by atoms with E-state index in [0.717, 1.165) is 13.0 Å². The monoisotopic (exact) mass is 157 g/mol. The zero-order valence-electron chi connectivity index (χ0n) is 6.88. The van der Waals surface area contributed by atoms with Gasteiger partial charge in [-0.05, 0) is 19.3 Å². The molecule has 0 spiro atoms. The lowest BCUT2D eigenvalue weighted by atomic mass is 9.91. The van der Waals surface area contributed by atoms with Crippen LogP contribution < -0.4 is 5.73 Å². The van der Waals surface area contributed by atoms with Crippen LogP contribution in [0.15, 0.2) is 0 Å². The topological polar surface area (TPSA) is 52.3 Å². The minimum absolute atomic E-state index is 0.0626. The predicted molar refractivity (Wildman–Crippen MR) is 42.2 cm³/mol. The van der Waals surface area contributed by atoms with Gasteiger partial charge < -0.3 is 15.3 Å². The van der Waals surface area contributed by atoms with Crippen molar-refractivity contribution in [2.24, 2.45) is 11.7 Å². The average Bonchev–Trinajstić information content (AvgIpc) is 1.93. The van der Waals surface area contributed by atoms with Crippen molar-refractivity contribution in [3.63, 3.8) is 0 Å². The lowest BCUT2D eigenvalue weighted by Gasteiger charge is -2.27. The number of hydrogen-bond donors (Lipinski definition) is 1. The summed E-state index contributed by atoms with van der Waals surface area (Å²) < 4.78 is 5.16. The highest BCUT2D eigenvalue weighted by molar-refractivity contribution is 5.75. The standard InChI is InChI=1S/C8H15NO2/c1-6(10)4-7-2-3-11-5-8(7)9/h7-8H,2-5,9H2,1H3. The lowest BCUT2D eigenvalue weighted by Crippen LogP contribution is -2.40.